The van der Waals surface area contributed by atoms with Crippen molar-refractivity contribution in [3.05, 3.63) is 120 Å². The van der Waals surface area contributed by atoms with E-state index in [0.717, 1.165) is 41.1 Å². The van der Waals surface area contributed by atoms with E-state index < -0.39 is 0 Å². The van der Waals surface area contributed by atoms with Crippen LogP contribution in [0.5, 0.6) is 0 Å². The van der Waals surface area contributed by atoms with Crippen molar-refractivity contribution in [1.82, 2.24) is 9.55 Å². The molecule has 4 aromatic carbocycles. The Morgan fingerprint density at radius 3 is 2.08 bits per heavy atom. The molecule has 0 atom stereocenters. The van der Waals surface area contributed by atoms with Crippen LogP contribution < -0.4 is 10.6 Å². The largest absolute Gasteiger partial charge is 0.326 e. The van der Waals surface area contributed by atoms with Crippen LogP contribution in [0, 0.1) is 0 Å². The van der Waals surface area contributed by atoms with E-state index in [0.29, 0.717) is 11.3 Å². The van der Waals surface area contributed by atoms with Gasteiger partial charge in [-0.1, -0.05) is 42.5 Å². The zero-order chi connectivity index (χ0) is 24.9. The summed E-state index contributed by atoms with van der Waals surface area (Å²) in [5, 5.41) is 5.62. The SMILES string of the molecule is CC(=O)Nc1ccc(C(=O)Nc2ccc(CCc3nc4ccccc4n3-c3ccccc3)cc2)cc1. The van der Waals surface area contributed by atoms with Crippen molar-refractivity contribution in [2.24, 2.45) is 0 Å². The van der Waals surface area contributed by atoms with Gasteiger partial charge in [-0.15, -0.1) is 0 Å². The summed E-state index contributed by atoms with van der Waals surface area (Å²) in [6.45, 7) is 1.45. The second kappa shape index (κ2) is 10.3. The van der Waals surface area contributed by atoms with E-state index in [9.17, 15) is 9.59 Å². The fourth-order valence-electron chi connectivity index (χ4n) is 4.23. The highest BCUT2D eigenvalue weighted by molar-refractivity contribution is 6.04. The summed E-state index contributed by atoms with van der Waals surface area (Å²) in [6, 6.07) is 33.2. The average Bonchev–Trinajstić information content (AvgIpc) is 3.27. The van der Waals surface area contributed by atoms with Gasteiger partial charge in [-0.3, -0.25) is 14.2 Å². The van der Waals surface area contributed by atoms with Gasteiger partial charge in [0.2, 0.25) is 5.91 Å². The Hall–Kier alpha value is -4.71. The van der Waals surface area contributed by atoms with Crippen LogP contribution in [0.15, 0.2) is 103 Å². The van der Waals surface area contributed by atoms with Crippen LogP contribution in [0.4, 0.5) is 11.4 Å². The van der Waals surface area contributed by atoms with E-state index in [-0.39, 0.29) is 11.8 Å². The Labute approximate surface area is 209 Å². The van der Waals surface area contributed by atoms with Crippen molar-refractivity contribution < 1.29 is 9.59 Å². The number of aromatic nitrogens is 2. The molecule has 2 N–H and O–H groups in total. The van der Waals surface area contributed by atoms with Gasteiger partial charge in [-0.25, -0.2) is 4.98 Å². The third-order valence-electron chi connectivity index (χ3n) is 5.96. The lowest BCUT2D eigenvalue weighted by atomic mass is 10.1. The van der Waals surface area contributed by atoms with Gasteiger partial charge in [0.25, 0.3) is 5.91 Å². The molecule has 178 valence electrons. The zero-order valence-electron chi connectivity index (χ0n) is 19.9. The second-order valence-electron chi connectivity index (χ2n) is 8.60. The summed E-state index contributed by atoms with van der Waals surface area (Å²) < 4.78 is 2.22. The van der Waals surface area contributed by atoms with E-state index in [2.05, 4.69) is 33.4 Å². The van der Waals surface area contributed by atoms with E-state index >= 15 is 0 Å². The highest BCUT2D eigenvalue weighted by Crippen LogP contribution is 2.23. The van der Waals surface area contributed by atoms with E-state index in [4.69, 9.17) is 4.98 Å². The van der Waals surface area contributed by atoms with Crippen molar-refractivity contribution in [3.63, 3.8) is 0 Å². The topological polar surface area (TPSA) is 76.0 Å². The minimum atomic E-state index is -0.200. The molecule has 0 spiro atoms. The minimum Gasteiger partial charge on any atom is -0.326 e. The fraction of sp³-hybridized carbons (Fsp3) is 0.100. The first kappa shape index (κ1) is 23.1. The Balaban J connectivity index is 1.26. The average molecular weight is 475 g/mol. The van der Waals surface area contributed by atoms with Crippen molar-refractivity contribution in [3.8, 4) is 5.69 Å². The number of benzene rings is 4. The molecular weight excluding hydrogens is 448 g/mol. The molecule has 6 nitrogen and oxygen atoms in total. The van der Waals surface area contributed by atoms with Crippen LogP contribution in [-0.2, 0) is 17.6 Å². The molecule has 0 unspecified atom stereocenters. The number of imidazole rings is 1. The molecule has 6 heteroatoms. The van der Waals surface area contributed by atoms with Crippen molar-refractivity contribution >= 4 is 34.2 Å². The number of amides is 2. The van der Waals surface area contributed by atoms with Crippen LogP contribution in [0.3, 0.4) is 0 Å². The molecule has 5 rings (SSSR count). The minimum absolute atomic E-state index is 0.149. The molecule has 0 saturated carbocycles. The molecule has 0 radical (unpaired) electrons. The van der Waals surface area contributed by atoms with Crippen LogP contribution in [-0.4, -0.2) is 21.4 Å². The fourth-order valence-corrected chi connectivity index (χ4v) is 4.23. The molecule has 0 aliphatic rings. The number of rotatable bonds is 7. The molecule has 36 heavy (non-hydrogen) atoms. The van der Waals surface area contributed by atoms with Gasteiger partial charge in [-0.2, -0.15) is 0 Å². The van der Waals surface area contributed by atoms with Crippen molar-refractivity contribution in [2.45, 2.75) is 19.8 Å². The summed E-state index contributed by atoms with van der Waals surface area (Å²) in [6.07, 6.45) is 1.62. The number of anilines is 2. The van der Waals surface area contributed by atoms with Crippen LogP contribution in [0.25, 0.3) is 16.7 Å². The molecule has 0 aliphatic carbocycles. The molecule has 0 bridgehead atoms. The van der Waals surface area contributed by atoms with Crippen LogP contribution in [0.1, 0.15) is 28.7 Å². The van der Waals surface area contributed by atoms with E-state index in [1.807, 2.05) is 60.7 Å². The maximum Gasteiger partial charge on any atom is 0.255 e. The number of hydrogen-bond acceptors (Lipinski definition) is 3. The molecular formula is C30H26N4O2. The maximum atomic E-state index is 12.6. The van der Waals surface area contributed by atoms with Crippen molar-refractivity contribution in [2.75, 3.05) is 10.6 Å². The first-order valence-electron chi connectivity index (χ1n) is 11.9. The van der Waals surface area contributed by atoms with Gasteiger partial charge in [0.15, 0.2) is 0 Å². The normalized spacial score (nSPS) is 10.8. The lowest BCUT2D eigenvalue weighted by Gasteiger charge is -2.10. The molecule has 2 amide bonds. The lowest BCUT2D eigenvalue weighted by Crippen LogP contribution is -2.12. The monoisotopic (exact) mass is 474 g/mol. The molecule has 0 aliphatic heterocycles. The summed E-state index contributed by atoms with van der Waals surface area (Å²) >= 11 is 0. The first-order chi connectivity index (χ1) is 17.6. The lowest BCUT2D eigenvalue weighted by molar-refractivity contribution is -0.114. The Morgan fingerprint density at radius 1 is 0.722 bits per heavy atom. The number of aryl methyl sites for hydroxylation is 2. The highest BCUT2D eigenvalue weighted by Gasteiger charge is 2.12. The van der Waals surface area contributed by atoms with Crippen LogP contribution >= 0.6 is 0 Å². The molecule has 1 aromatic heterocycles. The van der Waals surface area contributed by atoms with E-state index in [1.165, 1.54) is 12.5 Å². The standard InChI is InChI=1S/C30H26N4O2/c1-21(35)31-24-18-14-23(15-19-24)30(36)32-25-16-11-22(12-17-25)13-20-29-33-27-9-5-6-10-28(27)34(29)26-7-3-2-4-8-26/h2-12,14-19H,13,20H2,1H3,(H,31,35)(H,32,36). The number of para-hydroxylation sites is 3. The number of nitrogens with one attached hydrogen (secondary N) is 2. The third-order valence-corrected chi connectivity index (χ3v) is 5.96. The smallest absolute Gasteiger partial charge is 0.255 e. The zero-order valence-corrected chi connectivity index (χ0v) is 19.9. The van der Waals surface area contributed by atoms with Gasteiger partial charge in [0, 0.05) is 36.0 Å². The Kier molecular flexibility index (Phi) is 6.58. The molecule has 0 fully saturated rings. The van der Waals surface area contributed by atoms with Gasteiger partial charge < -0.3 is 10.6 Å². The van der Waals surface area contributed by atoms with Crippen LogP contribution in [0.2, 0.25) is 0 Å². The summed E-state index contributed by atoms with van der Waals surface area (Å²) in [5.41, 5.74) is 6.26. The van der Waals surface area contributed by atoms with E-state index in [1.54, 1.807) is 24.3 Å². The van der Waals surface area contributed by atoms with Gasteiger partial charge in [0.1, 0.15) is 5.82 Å². The number of carbonyl (C=O) groups is 2. The number of hydrogen-bond donors (Lipinski definition) is 2. The van der Waals surface area contributed by atoms with Gasteiger partial charge >= 0.3 is 0 Å². The predicted molar refractivity (Wildman–Crippen MR) is 144 cm³/mol. The predicted octanol–water partition coefficient (Wildman–Crippen LogP) is 6.02. The third kappa shape index (κ3) is 5.18. The molecule has 1 heterocycles. The van der Waals surface area contributed by atoms with Crippen molar-refractivity contribution in [1.29, 1.82) is 0 Å². The first-order valence-corrected chi connectivity index (χ1v) is 11.9. The Bertz CT molecular complexity index is 1500. The summed E-state index contributed by atoms with van der Waals surface area (Å²) in [4.78, 5) is 28.6. The molecule has 5 aromatic rings. The maximum absolute atomic E-state index is 12.6. The molecule has 0 saturated heterocycles. The number of fused-ring (bicyclic) bond motifs is 1. The highest BCUT2D eigenvalue weighted by atomic mass is 16.2. The summed E-state index contributed by atoms with van der Waals surface area (Å²) in [7, 11) is 0. The Morgan fingerprint density at radius 2 is 1.36 bits per heavy atom. The summed E-state index contributed by atoms with van der Waals surface area (Å²) in [5.74, 6) is 0.667. The second-order valence-corrected chi connectivity index (χ2v) is 8.60. The number of nitrogens with zero attached hydrogens (tertiary/aromatic N) is 2. The van der Waals surface area contributed by atoms with Gasteiger partial charge in [0.05, 0.1) is 11.0 Å². The van der Waals surface area contributed by atoms with Gasteiger partial charge in [-0.05, 0) is 72.6 Å². The number of carbonyl (C=O) groups excluding carboxylic acids is 2. The quantitative estimate of drug-likeness (QED) is 0.303.